The Labute approximate surface area is 115 Å². The van der Waals surface area contributed by atoms with Crippen molar-refractivity contribution in [2.75, 3.05) is 0 Å². The van der Waals surface area contributed by atoms with E-state index in [0.29, 0.717) is 0 Å². The molecule has 0 unspecified atom stereocenters. The quantitative estimate of drug-likeness (QED) is 0.617. The number of hydrogen-bond acceptors (Lipinski definition) is 4. The summed E-state index contributed by atoms with van der Waals surface area (Å²) < 4.78 is 0. The second-order valence-corrected chi connectivity index (χ2v) is 4.35. The Balaban J connectivity index is 1.97. The molecule has 2 rings (SSSR count). The van der Waals surface area contributed by atoms with Crippen molar-refractivity contribution in [1.82, 2.24) is 0 Å². The number of nitro benzene ring substituents is 2. The van der Waals surface area contributed by atoms with Crippen LogP contribution in [0.3, 0.4) is 0 Å². The van der Waals surface area contributed by atoms with Crippen LogP contribution in [0, 0.1) is 20.2 Å². The van der Waals surface area contributed by atoms with Crippen LogP contribution in [0.2, 0.25) is 0 Å². The Kier molecular flexibility index (Phi) is 4.05. The summed E-state index contributed by atoms with van der Waals surface area (Å²) in [7, 11) is 0. The number of nitro groups is 2. The molecule has 102 valence electrons. The molecule has 0 aliphatic heterocycles. The van der Waals surface area contributed by atoms with E-state index < -0.39 is 9.85 Å². The standard InChI is InChI=1S/C14H12N2O4/c17-15(18)13-7-3-11(4-8-13)1-2-12-5-9-14(10-6-12)16(19)20/h3-10H,1-2H2. The first-order valence-electron chi connectivity index (χ1n) is 6.03. The highest BCUT2D eigenvalue weighted by molar-refractivity contribution is 5.35. The van der Waals surface area contributed by atoms with Gasteiger partial charge in [0, 0.05) is 24.3 Å². The third-order valence-corrected chi connectivity index (χ3v) is 3.00. The summed E-state index contributed by atoms with van der Waals surface area (Å²) >= 11 is 0. The SMILES string of the molecule is O=[N+]([O-])c1ccc(CCc2ccc([N+](=O)[O-])cc2)cc1. The maximum Gasteiger partial charge on any atom is 0.269 e. The maximum absolute atomic E-state index is 10.5. The molecule has 0 fully saturated rings. The van der Waals surface area contributed by atoms with Gasteiger partial charge in [0.25, 0.3) is 11.4 Å². The van der Waals surface area contributed by atoms with Crippen molar-refractivity contribution in [2.24, 2.45) is 0 Å². The third-order valence-electron chi connectivity index (χ3n) is 3.00. The van der Waals surface area contributed by atoms with Gasteiger partial charge in [-0.1, -0.05) is 24.3 Å². The first-order valence-corrected chi connectivity index (χ1v) is 6.03. The molecule has 0 bridgehead atoms. The van der Waals surface area contributed by atoms with Gasteiger partial charge in [-0.2, -0.15) is 0 Å². The van der Waals surface area contributed by atoms with Gasteiger partial charge in [0.05, 0.1) is 9.85 Å². The van der Waals surface area contributed by atoms with E-state index in [4.69, 9.17) is 0 Å². The first kappa shape index (κ1) is 13.7. The van der Waals surface area contributed by atoms with Crippen molar-refractivity contribution in [1.29, 1.82) is 0 Å². The zero-order chi connectivity index (χ0) is 14.5. The van der Waals surface area contributed by atoms with Crippen LogP contribution >= 0.6 is 0 Å². The fourth-order valence-corrected chi connectivity index (χ4v) is 1.86. The average molecular weight is 272 g/mol. The van der Waals surface area contributed by atoms with Gasteiger partial charge in [0.15, 0.2) is 0 Å². The molecule has 0 radical (unpaired) electrons. The molecule has 0 heterocycles. The van der Waals surface area contributed by atoms with Gasteiger partial charge in [-0.15, -0.1) is 0 Å². The van der Waals surface area contributed by atoms with E-state index in [1.54, 1.807) is 24.3 Å². The Hall–Kier alpha value is -2.76. The van der Waals surface area contributed by atoms with Gasteiger partial charge in [0.2, 0.25) is 0 Å². The lowest BCUT2D eigenvalue weighted by Crippen LogP contribution is -1.93. The lowest BCUT2D eigenvalue weighted by molar-refractivity contribution is -0.385. The van der Waals surface area contributed by atoms with Crippen LogP contribution in [0.25, 0.3) is 0 Å². The molecule has 0 N–H and O–H groups in total. The van der Waals surface area contributed by atoms with Crippen molar-refractivity contribution in [3.63, 3.8) is 0 Å². The number of benzene rings is 2. The van der Waals surface area contributed by atoms with Crippen molar-refractivity contribution in [3.05, 3.63) is 79.9 Å². The fourth-order valence-electron chi connectivity index (χ4n) is 1.86. The van der Waals surface area contributed by atoms with Crippen molar-refractivity contribution in [3.8, 4) is 0 Å². The zero-order valence-electron chi connectivity index (χ0n) is 10.6. The second-order valence-electron chi connectivity index (χ2n) is 4.35. The van der Waals surface area contributed by atoms with Crippen molar-refractivity contribution >= 4 is 11.4 Å². The summed E-state index contributed by atoms with van der Waals surface area (Å²) in [5, 5.41) is 21.1. The second kappa shape index (κ2) is 5.92. The molecule has 6 heteroatoms. The largest absolute Gasteiger partial charge is 0.269 e. The normalized spacial score (nSPS) is 10.2. The molecule has 0 aliphatic carbocycles. The molecule has 0 amide bonds. The van der Waals surface area contributed by atoms with E-state index in [0.717, 1.165) is 24.0 Å². The zero-order valence-corrected chi connectivity index (χ0v) is 10.6. The minimum Gasteiger partial charge on any atom is -0.258 e. The molecule has 0 aromatic heterocycles. The lowest BCUT2D eigenvalue weighted by Gasteiger charge is -2.02. The van der Waals surface area contributed by atoms with Crippen LogP contribution in [0.5, 0.6) is 0 Å². The van der Waals surface area contributed by atoms with Crippen molar-refractivity contribution < 1.29 is 9.85 Å². The number of rotatable bonds is 5. The Morgan fingerprint density at radius 3 is 1.20 bits per heavy atom. The summed E-state index contributed by atoms with van der Waals surface area (Å²) in [5.74, 6) is 0. The van der Waals surface area contributed by atoms with Crippen molar-refractivity contribution in [2.45, 2.75) is 12.8 Å². The summed E-state index contributed by atoms with van der Waals surface area (Å²) in [4.78, 5) is 20.2. The Morgan fingerprint density at radius 2 is 0.950 bits per heavy atom. The molecule has 20 heavy (non-hydrogen) atoms. The first-order chi connectivity index (χ1) is 9.56. The summed E-state index contributed by atoms with van der Waals surface area (Å²) in [5.41, 5.74) is 2.14. The molecule has 0 saturated heterocycles. The minimum atomic E-state index is -0.430. The summed E-state index contributed by atoms with van der Waals surface area (Å²) in [6.07, 6.45) is 1.46. The molecule has 6 nitrogen and oxygen atoms in total. The Bertz CT molecular complexity index is 563. The molecule has 0 atom stereocenters. The van der Waals surface area contributed by atoms with Crippen LogP contribution in [0.15, 0.2) is 48.5 Å². The van der Waals surface area contributed by atoms with Gasteiger partial charge in [-0.05, 0) is 24.0 Å². The average Bonchev–Trinajstić information content (AvgIpc) is 2.46. The van der Waals surface area contributed by atoms with Gasteiger partial charge in [0.1, 0.15) is 0 Å². The Morgan fingerprint density at radius 1 is 0.650 bits per heavy atom. The van der Waals surface area contributed by atoms with Crippen LogP contribution in [-0.4, -0.2) is 9.85 Å². The smallest absolute Gasteiger partial charge is 0.258 e. The van der Waals surface area contributed by atoms with Crippen LogP contribution in [0.4, 0.5) is 11.4 Å². The predicted molar refractivity (Wildman–Crippen MR) is 73.6 cm³/mol. The molecular formula is C14H12N2O4. The van der Waals surface area contributed by atoms with Gasteiger partial charge >= 0.3 is 0 Å². The molecule has 0 spiro atoms. The predicted octanol–water partition coefficient (Wildman–Crippen LogP) is 3.29. The molecule has 0 aliphatic rings. The summed E-state index contributed by atoms with van der Waals surface area (Å²) in [6, 6.07) is 12.8. The van der Waals surface area contributed by atoms with Gasteiger partial charge in [-0.25, -0.2) is 0 Å². The highest BCUT2D eigenvalue weighted by Gasteiger charge is 2.06. The van der Waals surface area contributed by atoms with E-state index in [9.17, 15) is 20.2 Å². The van der Waals surface area contributed by atoms with E-state index in [1.807, 2.05) is 0 Å². The molecule has 2 aromatic rings. The molecule has 2 aromatic carbocycles. The number of hydrogen-bond donors (Lipinski definition) is 0. The number of nitrogens with zero attached hydrogens (tertiary/aromatic N) is 2. The summed E-state index contributed by atoms with van der Waals surface area (Å²) in [6.45, 7) is 0. The molecular weight excluding hydrogens is 260 g/mol. The van der Waals surface area contributed by atoms with Crippen LogP contribution in [0.1, 0.15) is 11.1 Å². The van der Waals surface area contributed by atoms with E-state index in [2.05, 4.69) is 0 Å². The van der Waals surface area contributed by atoms with Crippen LogP contribution in [-0.2, 0) is 12.8 Å². The monoisotopic (exact) mass is 272 g/mol. The number of non-ortho nitro benzene ring substituents is 2. The van der Waals surface area contributed by atoms with E-state index in [1.165, 1.54) is 24.3 Å². The number of aryl methyl sites for hydroxylation is 2. The van der Waals surface area contributed by atoms with Gasteiger partial charge < -0.3 is 0 Å². The fraction of sp³-hybridized carbons (Fsp3) is 0.143. The third kappa shape index (κ3) is 3.38. The maximum atomic E-state index is 10.5. The highest BCUT2D eigenvalue weighted by Crippen LogP contribution is 2.16. The highest BCUT2D eigenvalue weighted by atomic mass is 16.6. The minimum absolute atomic E-state index is 0.0732. The van der Waals surface area contributed by atoms with E-state index in [-0.39, 0.29) is 11.4 Å². The lowest BCUT2D eigenvalue weighted by atomic mass is 10.0. The van der Waals surface area contributed by atoms with E-state index >= 15 is 0 Å². The van der Waals surface area contributed by atoms with Gasteiger partial charge in [-0.3, -0.25) is 20.2 Å². The topological polar surface area (TPSA) is 86.3 Å². The van der Waals surface area contributed by atoms with Crippen LogP contribution < -0.4 is 0 Å². The molecule has 0 saturated carbocycles.